The number of halogens is 1. The predicted molar refractivity (Wildman–Crippen MR) is 101 cm³/mol. The molecule has 1 aromatic rings. The molecule has 0 unspecified atom stereocenters. The van der Waals surface area contributed by atoms with Gasteiger partial charge in [0.25, 0.3) is 0 Å². The minimum Gasteiger partial charge on any atom is -0.334 e. The molecule has 1 saturated heterocycles. The van der Waals surface area contributed by atoms with E-state index in [-0.39, 0.29) is 5.91 Å². The molecule has 126 valence electrons. The van der Waals surface area contributed by atoms with Gasteiger partial charge >= 0.3 is 0 Å². The minimum absolute atomic E-state index is 0.153. The van der Waals surface area contributed by atoms with Gasteiger partial charge in [0.05, 0.1) is 10.3 Å². The first-order valence-electron chi connectivity index (χ1n) is 7.81. The highest BCUT2D eigenvalue weighted by Crippen LogP contribution is 2.23. The lowest BCUT2D eigenvalue weighted by molar-refractivity contribution is -0.131. The number of rotatable bonds is 8. The van der Waals surface area contributed by atoms with Crippen LogP contribution in [0.4, 0.5) is 0 Å². The molecule has 1 fully saturated rings. The van der Waals surface area contributed by atoms with Crippen LogP contribution in [0.3, 0.4) is 0 Å². The molecule has 0 atom stereocenters. The molecule has 23 heavy (non-hydrogen) atoms. The van der Waals surface area contributed by atoms with Gasteiger partial charge in [-0.15, -0.1) is 24.5 Å². The van der Waals surface area contributed by atoms with E-state index in [4.69, 9.17) is 0 Å². The molecule has 2 heterocycles. The third kappa shape index (κ3) is 5.88. The molecular formula is C17H24BrN3OS. The minimum atomic E-state index is 0.153. The Morgan fingerprint density at radius 2 is 1.78 bits per heavy atom. The number of hydrogen-bond acceptors (Lipinski definition) is 4. The highest BCUT2D eigenvalue weighted by molar-refractivity contribution is 9.11. The zero-order valence-electron chi connectivity index (χ0n) is 13.4. The Balaban J connectivity index is 1.76. The molecule has 0 aliphatic carbocycles. The molecule has 1 aliphatic rings. The van der Waals surface area contributed by atoms with E-state index in [1.165, 1.54) is 8.66 Å². The predicted octanol–water partition coefficient (Wildman–Crippen LogP) is 2.83. The molecule has 1 aliphatic heterocycles. The number of carbonyl (C=O) groups is 1. The number of carbonyl (C=O) groups excluding carboxylic acids is 1. The highest BCUT2D eigenvalue weighted by atomic mass is 79.9. The smallest absolute Gasteiger partial charge is 0.237 e. The second-order valence-electron chi connectivity index (χ2n) is 5.63. The Hall–Kier alpha value is -0.950. The van der Waals surface area contributed by atoms with Gasteiger partial charge in [-0.25, -0.2) is 0 Å². The summed E-state index contributed by atoms with van der Waals surface area (Å²) >= 11 is 5.30. The van der Waals surface area contributed by atoms with Crippen LogP contribution in [0.25, 0.3) is 0 Å². The zero-order chi connectivity index (χ0) is 16.7. The number of hydrogen-bond donors (Lipinski definition) is 0. The molecule has 0 aromatic carbocycles. The van der Waals surface area contributed by atoms with Crippen LogP contribution in [0.15, 0.2) is 41.2 Å². The summed E-state index contributed by atoms with van der Waals surface area (Å²) in [6.45, 7) is 14.0. The van der Waals surface area contributed by atoms with Crippen LogP contribution in [-0.2, 0) is 11.3 Å². The van der Waals surface area contributed by atoms with Crippen molar-refractivity contribution in [3.05, 3.63) is 46.1 Å². The fourth-order valence-corrected chi connectivity index (χ4v) is 4.17. The van der Waals surface area contributed by atoms with Gasteiger partial charge in [0, 0.05) is 50.7 Å². The van der Waals surface area contributed by atoms with Gasteiger partial charge in [-0.3, -0.25) is 14.6 Å². The average Bonchev–Trinajstić information content (AvgIpc) is 2.94. The number of nitrogens with zero attached hydrogens (tertiary/aromatic N) is 3. The fraction of sp³-hybridized carbons (Fsp3) is 0.471. The third-order valence-corrected chi connectivity index (χ3v) is 5.49. The summed E-state index contributed by atoms with van der Waals surface area (Å²) in [6, 6.07) is 4.27. The van der Waals surface area contributed by atoms with Gasteiger partial charge in [-0.1, -0.05) is 12.2 Å². The zero-order valence-corrected chi connectivity index (χ0v) is 15.8. The standard InChI is InChI=1S/C17H24BrN3OS/c1-3-7-21(8-4-2)17(22)14-20-11-9-19(10-12-20)13-15-5-6-16(18)23-15/h3-6H,1-2,7-14H2. The summed E-state index contributed by atoms with van der Waals surface area (Å²) in [7, 11) is 0. The molecule has 4 nitrogen and oxygen atoms in total. The Kier molecular flexibility index (Phi) is 7.49. The van der Waals surface area contributed by atoms with Crippen LogP contribution >= 0.6 is 27.3 Å². The van der Waals surface area contributed by atoms with E-state index in [1.807, 2.05) is 0 Å². The fourth-order valence-electron chi connectivity index (χ4n) is 2.64. The van der Waals surface area contributed by atoms with Crippen LogP contribution in [-0.4, -0.2) is 66.4 Å². The van der Waals surface area contributed by atoms with E-state index < -0.39 is 0 Å². The Morgan fingerprint density at radius 1 is 1.17 bits per heavy atom. The van der Waals surface area contributed by atoms with Crippen molar-refractivity contribution in [3.8, 4) is 0 Å². The number of piperazine rings is 1. The van der Waals surface area contributed by atoms with E-state index in [0.717, 1.165) is 32.7 Å². The molecule has 1 amide bonds. The van der Waals surface area contributed by atoms with Crippen molar-refractivity contribution in [1.29, 1.82) is 0 Å². The molecule has 2 rings (SSSR count). The van der Waals surface area contributed by atoms with Crippen molar-refractivity contribution in [2.75, 3.05) is 45.8 Å². The van der Waals surface area contributed by atoms with Crippen LogP contribution in [0, 0.1) is 0 Å². The normalized spacial score (nSPS) is 16.2. The third-order valence-electron chi connectivity index (χ3n) is 3.88. The first-order chi connectivity index (χ1) is 11.1. The Morgan fingerprint density at radius 3 is 2.30 bits per heavy atom. The molecule has 0 saturated carbocycles. The summed E-state index contributed by atoms with van der Waals surface area (Å²) in [6.07, 6.45) is 3.52. The number of amides is 1. The largest absolute Gasteiger partial charge is 0.334 e. The number of thiophene rings is 1. The second kappa shape index (κ2) is 9.37. The van der Waals surface area contributed by atoms with Crippen LogP contribution < -0.4 is 0 Å². The van der Waals surface area contributed by atoms with Crippen molar-refractivity contribution in [1.82, 2.24) is 14.7 Å². The topological polar surface area (TPSA) is 26.8 Å². The van der Waals surface area contributed by atoms with E-state index >= 15 is 0 Å². The van der Waals surface area contributed by atoms with Gasteiger partial charge in [-0.2, -0.15) is 0 Å². The summed E-state index contributed by atoms with van der Waals surface area (Å²) in [5, 5.41) is 0. The van der Waals surface area contributed by atoms with Crippen molar-refractivity contribution >= 4 is 33.2 Å². The Bertz CT molecular complexity index is 528. The maximum Gasteiger partial charge on any atom is 0.237 e. The maximum atomic E-state index is 12.3. The first kappa shape index (κ1) is 18.4. The summed E-state index contributed by atoms with van der Waals surface area (Å²) in [4.78, 5) is 20.2. The molecule has 0 bridgehead atoms. The van der Waals surface area contributed by atoms with Gasteiger partial charge < -0.3 is 4.90 Å². The van der Waals surface area contributed by atoms with Crippen LogP contribution in [0.5, 0.6) is 0 Å². The van der Waals surface area contributed by atoms with E-state index in [9.17, 15) is 4.79 Å². The van der Waals surface area contributed by atoms with E-state index in [0.29, 0.717) is 19.6 Å². The Labute approximate surface area is 151 Å². The van der Waals surface area contributed by atoms with Gasteiger partial charge in [0.1, 0.15) is 0 Å². The highest BCUT2D eigenvalue weighted by Gasteiger charge is 2.21. The lowest BCUT2D eigenvalue weighted by atomic mass is 10.3. The van der Waals surface area contributed by atoms with Crippen LogP contribution in [0.2, 0.25) is 0 Å². The van der Waals surface area contributed by atoms with Gasteiger partial charge in [0.2, 0.25) is 5.91 Å². The van der Waals surface area contributed by atoms with Gasteiger partial charge in [-0.05, 0) is 28.1 Å². The van der Waals surface area contributed by atoms with Crippen molar-refractivity contribution in [2.45, 2.75) is 6.54 Å². The second-order valence-corrected chi connectivity index (χ2v) is 8.18. The molecular weight excluding hydrogens is 374 g/mol. The first-order valence-corrected chi connectivity index (χ1v) is 9.42. The molecule has 0 radical (unpaired) electrons. The lowest BCUT2D eigenvalue weighted by Gasteiger charge is -2.35. The summed E-state index contributed by atoms with van der Waals surface area (Å²) in [5.41, 5.74) is 0. The maximum absolute atomic E-state index is 12.3. The molecule has 0 N–H and O–H groups in total. The van der Waals surface area contributed by atoms with Crippen molar-refractivity contribution < 1.29 is 4.79 Å². The summed E-state index contributed by atoms with van der Waals surface area (Å²) in [5.74, 6) is 0.153. The lowest BCUT2D eigenvalue weighted by Crippen LogP contribution is -2.49. The quantitative estimate of drug-likeness (QED) is 0.631. The van der Waals surface area contributed by atoms with Crippen LogP contribution in [0.1, 0.15) is 4.88 Å². The molecule has 6 heteroatoms. The van der Waals surface area contributed by atoms with Crippen molar-refractivity contribution in [2.24, 2.45) is 0 Å². The average molecular weight is 398 g/mol. The van der Waals surface area contributed by atoms with Crippen molar-refractivity contribution in [3.63, 3.8) is 0 Å². The van der Waals surface area contributed by atoms with E-state index in [2.05, 4.69) is 51.0 Å². The SMILES string of the molecule is C=CCN(CC=C)C(=O)CN1CCN(Cc2ccc(Br)s2)CC1. The van der Waals surface area contributed by atoms with Gasteiger partial charge in [0.15, 0.2) is 0 Å². The molecule has 0 spiro atoms. The monoisotopic (exact) mass is 397 g/mol. The molecule has 1 aromatic heterocycles. The van der Waals surface area contributed by atoms with E-state index in [1.54, 1.807) is 28.4 Å². The summed E-state index contributed by atoms with van der Waals surface area (Å²) < 4.78 is 1.18.